The number of hydrogen-bond donors (Lipinski definition) is 2. The van der Waals surface area contributed by atoms with Crippen molar-refractivity contribution >= 4 is 23.5 Å². The topological polar surface area (TPSA) is 123 Å². The molecule has 1 spiro atoms. The van der Waals surface area contributed by atoms with Crippen LogP contribution in [0.25, 0.3) is 0 Å². The maximum Gasteiger partial charge on any atom is 0.246 e. The summed E-state index contributed by atoms with van der Waals surface area (Å²) < 4.78 is 17.5. The van der Waals surface area contributed by atoms with Crippen molar-refractivity contribution in [2.45, 2.75) is 88.2 Å². The highest BCUT2D eigenvalue weighted by atomic mass is 16.5. The van der Waals surface area contributed by atoms with Gasteiger partial charge in [0.2, 0.25) is 17.7 Å². The number of rotatable bonds is 6. The molecule has 1 aliphatic carbocycles. The lowest BCUT2D eigenvalue weighted by Gasteiger charge is -2.35. The molecule has 1 aromatic rings. The molecule has 4 aliphatic heterocycles. The number of nitrogens with one attached hydrogen (secondary N) is 2. The van der Waals surface area contributed by atoms with E-state index in [0.29, 0.717) is 18.9 Å². The molecule has 0 aromatic carbocycles. The Balaban J connectivity index is 1.33. The van der Waals surface area contributed by atoms with E-state index in [1.807, 2.05) is 19.1 Å². The first-order chi connectivity index (χ1) is 17.3. The molecule has 4 fully saturated rings. The molecule has 1 saturated carbocycles. The van der Waals surface area contributed by atoms with Gasteiger partial charge in [-0.3, -0.25) is 14.4 Å². The van der Waals surface area contributed by atoms with Gasteiger partial charge in [-0.05, 0) is 39.5 Å². The van der Waals surface area contributed by atoms with Gasteiger partial charge in [-0.15, -0.1) is 0 Å². The van der Waals surface area contributed by atoms with Gasteiger partial charge in [0, 0.05) is 25.3 Å². The summed E-state index contributed by atoms with van der Waals surface area (Å²) in [5, 5.41) is 9.87. The second-order valence-electron chi connectivity index (χ2n) is 11.1. The van der Waals surface area contributed by atoms with E-state index in [1.54, 1.807) is 17.9 Å². The number of fused-ring (bicyclic) bond motifs is 1. The van der Waals surface area contributed by atoms with Crippen LogP contribution in [0, 0.1) is 18.8 Å². The summed E-state index contributed by atoms with van der Waals surface area (Å²) in [6, 6.07) is 0.862. The molecular weight excluding hydrogens is 464 g/mol. The van der Waals surface area contributed by atoms with Crippen molar-refractivity contribution in [2.75, 3.05) is 18.5 Å². The minimum absolute atomic E-state index is 0.0917. The van der Waals surface area contributed by atoms with Gasteiger partial charge < -0.3 is 29.5 Å². The first-order valence-electron chi connectivity index (χ1n) is 13.2. The molecule has 6 rings (SSSR count). The fraction of sp³-hybridized carbons (Fsp3) is 0.692. The first kappa shape index (κ1) is 23.7. The van der Waals surface area contributed by atoms with Crippen molar-refractivity contribution in [1.29, 1.82) is 0 Å². The predicted molar refractivity (Wildman–Crippen MR) is 128 cm³/mol. The molecule has 2 bridgehead atoms. The van der Waals surface area contributed by atoms with Crippen molar-refractivity contribution in [2.24, 2.45) is 11.8 Å². The molecule has 10 heteroatoms. The molecule has 5 heterocycles. The van der Waals surface area contributed by atoms with Gasteiger partial charge in [0.25, 0.3) is 0 Å². The lowest BCUT2D eigenvalue weighted by molar-refractivity contribution is -0.145. The van der Waals surface area contributed by atoms with E-state index in [1.165, 1.54) is 6.42 Å². The first-order valence-corrected chi connectivity index (χ1v) is 13.2. The second-order valence-corrected chi connectivity index (χ2v) is 11.1. The van der Waals surface area contributed by atoms with Gasteiger partial charge in [0.15, 0.2) is 5.82 Å². The van der Waals surface area contributed by atoms with Crippen LogP contribution in [-0.2, 0) is 23.9 Å². The summed E-state index contributed by atoms with van der Waals surface area (Å²) in [6.45, 7) is 4.51. The van der Waals surface area contributed by atoms with E-state index < -0.39 is 29.1 Å². The molecule has 5 aliphatic rings. The zero-order valence-electron chi connectivity index (χ0n) is 20.8. The number of likely N-dealkylation sites (tertiary alicyclic amines) is 1. The standard InChI is InChI=1S/C26H34N4O6/c1-15-13-18(29-35-15)28-22(31)19-20-24(33)30(14-17-9-6-12-34-17)21(26(20)11-10-25(19,2)36-26)23(32)27-16-7-4-3-5-8-16/h10-11,13,16-17,19-21H,3-9,12,14H2,1-2H3,(H,27,32)(H,28,29,31). The number of ether oxygens (including phenoxy) is 2. The third-order valence-corrected chi connectivity index (χ3v) is 8.58. The van der Waals surface area contributed by atoms with Crippen LogP contribution >= 0.6 is 0 Å². The Morgan fingerprint density at radius 3 is 2.64 bits per heavy atom. The van der Waals surface area contributed by atoms with Crippen LogP contribution < -0.4 is 10.6 Å². The van der Waals surface area contributed by atoms with Gasteiger partial charge >= 0.3 is 0 Å². The Hall–Kier alpha value is -2.72. The Morgan fingerprint density at radius 1 is 1.14 bits per heavy atom. The summed E-state index contributed by atoms with van der Waals surface area (Å²) in [6.07, 6.45) is 10.5. The van der Waals surface area contributed by atoms with Crippen molar-refractivity contribution < 1.29 is 28.4 Å². The summed E-state index contributed by atoms with van der Waals surface area (Å²) >= 11 is 0. The van der Waals surface area contributed by atoms with Gasteiger partial charge in [0.05, 0.1) is 23.5 Å². The molecule has 2 N–H and O–H groups in total. The van der Waals surface area contributed by atoms with Crippen molar-refractivity contribution in [3.8, 4) is 0 Å². The quantitative estimate of drug-likeness (QED) is 0.576. The average molecular weight is 499 g/mol. The number of hydrogen-bond acceptors (Lipinski definition) is 7. The molecule has 0 radical (unpaired) electrons. The number of carbonyl (C=O) groups excluding carboxylic acids is 3. The fourth-order valence-electron chi connectivity index (χ4n) is 6.99. The third-order valence-electron chi connectivity index (χ3n) is 8.58. The summed E-state index contributed by atoms with van der Waals surface area (Å²) in [4.78, 5) is 43.1. The Bertz CT molecular complexity index is 1090. The Kier molecular flexibility index (Phi) is 5.71. The van der Waals surface area contributed by atoms with Gasteiger partial charge in [0.1, 0.15) is 17.4 Å². The van der Waals surface area contributed by atoms with Gasteiger partial charge in [-0.25, -0.2) is 0 Å². The highest BCUT2D eigenvalue weighted by molar-refractivity contribution is 6.03. The van der Waals surface area contributed by atoms with E-state index in [0.717, 1.165) is 38.5 Å². The molecular formula is C26H34N4O6. The molecule has 3 saturated heterocycles. The normalized spacial score (nSPS) is 37.5. The molecule has 1 aromatic heterocycles. The molecule has 36 heavy (non-hydrogen) atoms. The van der Waals surface area contributed by atoms with E-state index in [4.69, 9.17) is 14.0 Å². The number of amides is 3. The van der Waals surface area contributed by atoms with Crippen LogP contribution in [-0.4, -0.2) is 70.3 Å². The minimum atomic E-state index is -1.20. The number of nitrogens with zero attached hydrogens (tertiary/aromatic N) is 2. The lowest BCUT2D eigenvalue weighted by Crippen LogP contribution is -2.57. The average Bonchev–Trinajstić information content (AvgIpc) is 3.64. The zero-order chi connectivity index (χ0) is 25.1. The van der Waals surface area contributed by atoms with E-state index in [9.17, 15) is 14.4 Å². The van der Waals surface area contributed by atoms with E-state index in [-0.39, 0.29) is 35.7 Å². The number of anilines is 1. The zero-order valence-corrected chi connectivity index (χ0v) is 20.8. The Labute approximate surface area is 210 Å². The van der Waals surface area contributed by atoms with Gasteiger partial charge in [-0.1, -0.05) is 36.6 Å². The lowest BCUT2D eigenvalue weighted by atomic mass is 9.70. The summed E-state index contributed by atoms with van der Waals surface area (Å²) in [5.41, 5.74) is -2.21. The smallest absolute Gasteiger partial charge is 0.246 e. The maximum atomic E-state index is 14.0. The highest BCUT2D eigenvalue weighted by Gasteiger charge is 2.76. The molecule has 6 unspecified atom stereocenters. The molecule has 3 amide bonds. The number of aromatic nitrogens is 1. The second kappa shape index (κ2) is 8.69. The fourth-order valence-corrected chi connectivity index (χ4v) is 6.99. The van der Waals surface area contributed by atoms with Crippen LogP contribution in [0.15, 0.2) is 22.7 Å². The van der Waals surface area contributed by atoms with Crippen molar-refractivity contribution in [3.05, 3.63) is 24.0 Å². The Morgan fingerprint density at radius 2 is 1.94 bits per heavy atom. The highest BCUT2D eigenvalue weighted by Crippen LogP contribution is 2.60. The van der Waals surface area contributed by atoms with Crippen LogP contribution in [0.1, 0.15) is 57.6 Å². The van der Waals surface area contributed by atoms with Gasteiger partial charge in [-0.2, -0.15) is 0 Å². The van der Waals surface area contributed by atoms with Crippen molar-refractivity contribution in [1.82, 2.24) is 15.4 Å². The van der Waals surface area contributed by atoms with Crippen LogP contribution in [0.5, 0.6) is 0 Å². The maximum absolute atomic E-state index is 14.0. The van der Waals surface area contributed by atoms with E-state index >= 15 is 0 Å². The summed E-state index contributed by atoms with van der Waals surface area (Å²) in [7, 11) is 0. The van der Waals surface area contributed by atoms with Crippen LogP contribution in [0.2, 0.25) is 0 Å². The third kappa shape index (κ3) is 3.68. The number of carbonyl (C=O) groups is 3. The minimum Gasteiger partial charge on any atom is -0.376 e. The molecule has 194 valence electrons. The van der Waals surface area contributed by atoms with Crippen LogP contribution in [0.3, 0.4) is 0 Å². The van der Waals surface area contributed by atoms with E-state index in [2.05, 4.69) is 15.8 Å². The van der Waals surface area contributed by atoms with Crippen molar-refractivity contribution in [3.63, 3.8) is 0 Å². The largest absolute Gasteiger partial charge is 0.376 e. The molecule has 10 nitrogen and oxygen atoms in total. The number of aryl methyl sites for hydroxylation is 1. The predicted octanol–water partition coefficient (Wildman–Crippen LogP) is 2.09. The van der Waals surface area contributed by atoms with Crippen LogP contribution in [0.4, 0.5) is 5.82 Å². The summed E-state index contributed by atoms with van der Waals surface area (Å²) in [5.74, 6) is -1.60. The SMILES string of the molecule is Cc1cc(NC(=O)C2C3C(=O)N(CC4CCCO4)C(C(=O)NC4CCCCC4)C34C=CC2(C)O4)no1. The monoisotopic (exact) mass is 498 g/mol. The molecule has 6 atom stereocenters.